The molecule has 7 rings (SSSR count). The number of carbonyl (C=O) groups is 2. The van der Waals surface area contributed by atoms with Gasteiger partial charge in [0.05, 0.1) is 34.9 Å². The molecule has 1 aliphatic rings. The quantitative estimate of drug-likeness (QED) is 0.128. The molecule has 3 heterocycles. The van der Waals surface area contributed by atoms with Gasteiger partial charge in [0.25, 0.3) is 0 Å². The molecule has 3 atom stereocenters. The fourth-order valence-electron chi connectivity index (χ4n) is 6.38. The molecule has 0 saturated carbocycles. The van der Waals surface area contributed by atoms with Crippen molar-refractivity contribution >= 4 is 43.9 Å². The van der Waals surface area contributed by atoms with Crippen molar-refractivity contribution in [3.05, 3.63) is 132 Å². The van der Waals surface area contributed by atoms with Crippen molar-refractivity contribution in [2.24, 2.45) is 5.92 Å². The second-order valence-corrected chi connectivity index (χ2v) is 12.4. The minimum Gasteiger partial charge on any atom is -0.461 e. The van der Waals surface area contributed by atoms with Crippen molar-refractivity contribution in [2.75, 3.05) is 11.5 Å². The monoisotopic (exact) mass is 636 g/mol. The highest BCUT2D eigenvalue weighted by molar-refractivity contribution is 7.24. The maximum atomic E-state index is 13.8. The smallest absolute Gasteiger partial charge is 0.355 e. The summed E-state index contributed by atoms with van der Waals surface area (Å²) in [6.07, 6.45) is -0.116. The van der Waals surface area contributed by atoms with Gasteiger partial charge in [-0.05, 0) is 91.1 Å². The molecule has 0 bridgehead atoms. The number of aliphatic hydroxyl groups is 1. The highest BCUT2D eigenvalue weighted by atomic mass is 32.1. The summed E-state index contributed by atoms with van der Waals surface area (Å²) < 4.78 is 35.5. The number of thiazole rings is 1. The van der Waals surface area contributed by atoms with Gasteiger partial charge in [-0.3, -0.25) is 9.20 Å². The number of aliphatic hydroxyl groups excluding tert-OH is 1. The van der Waals surface area contributed by atoms with Crippen LogP contribution < -0.4 is 4.90 Å². The molecule has 6 aromatic rings. The minimum absolute atomic E-state index is 0.106. The summed E-state index contributed by atoms with van der Waals surface area (Å²) in [4.78, 5) is 29.1. The van der Waals surface area contributed by atoms with Crippen LogP contribution in [0.3, 0.4) is 0 Å². The molecule has 232 valence electrons. The Kier molecular flexibility index (Phi) is 7.88. The van der Waals surface area contributed by atoms with E-state index in [1.54, 1.807) is 47.4 Å². The fraction of sp³-hybridized carbons (Fsp3) is 0.189. The highest BCUT2D eigenvalue weighted by Crippen LogP contribution is 2.47. The van der Waals surface area contributed by atoms with Crippen LogP contribution in [0, 0.1) is 17.6 Å². The maximum Gasteiger partial charge on any atom is 0.355 e. The number of para-hydroxylation sites is 1. The summed E-state index contributed by atoms with van der Waals surface area (Å²) in [5, 5.41) is 10.8. The predicted molar refractivity (Wildman–Crippen MR) is 175 cm³/mol. The lowest BCUT2D eigenvalue weighted by atomic mass is 9.78. The molecule has 46 heavy (non-hydrogen) atoms. The molecule has 1 fully saturated rings. The minimum atomic E-state index is -0.844. The third-order valence-corrected chi connectivity index (χ3v) is 9.80. The second-order valence-electron chi connectivity index (χ2n) is 11.4. The second kappa shape index (κ2) is 12.2. The zero-order valence-electron chi connectivity index (χ0n) is 24.9. The van der Waals surface area contributed by atoms with Gasteiger partial charge in [0.2, 0.25) is 5.91 Å². The number of halogens is 2. The summed E-state index contributed by atoms with van der Waals surface area (Å²) in [5.41, 5.74) is 5.27. The first-order chi connectivity index (χ1) is 22.3. The van der Waals surface area contributed by atoms with E-state index in [0.717, 1.165) is 31.7 Å². The van der Waals surface area contributed by atoms with Crippen molar-refractivity contribution in [2.45, 2.75) is 31.9 Å². The van der Waals surface area contributed by atoms with Gasteiger partial charge in [0.1, 0.15) is 22.2 Å². The molecule has 1 N–H and O–H groups in total. The van der Waals surface area contributed by atoms with E-state index < -0.39 is 18.0 Å². The van der Waals surface area contributed by atoms with Crippen LogP contribution in [0.1, 0.15) is 53.5 Å². The summed E-state index contributed by atoms with van der Waals surface area (Å²) >= 11 is 1.60. The number of hydrogen-bond donors (Lipinski definition) is 1. The average molecular weight is 637 g/mol. The first kappa shape index (κ1) is 29.8. The Morgan fingerprint density at radius 2 is 1.61 bits per heavy atom. The lowest BCUT2D eigenvalue weighted by Gasteiger charge is -2.48. The van der Waals surface area contributed by atoms with Crippen molar-refractivity contribution in [1.29, 1.82) is 0 Å². The summed E-state index contributed by atoms with van der Waals surface area (Å²) in [7, 11) is 0. The van der Waals surface area contributed by atoms with E-state index in [1.165, 1.54) is 24.3 Å². The number of amides is 1. The van der Waals surface area contributed by atoms with Crippen molar-refractivity contribution in [3.63, 3.8) is 0 Å². The summed E-state index contributed by atoms with van der Waals surface area (Å²) in [6, 6.07) is 28.9. The van der Waals surface area contributed by atoms with Crippen LogP contribution in [0.15, 0.2) is 103 Å². The van der Waals surface area contributed by atoms with E-state index in [-0.39, 0.29) is 30.2 Å². The predicted octanol–water partition coefficient (Wildman–Crippen LogP) is 8.49. The number of ether oxygens (including phenoxy) is 1. The first-order valence-corrected chi connectivity index (χ1v) is 16.0. The fourth-order valence-corrected chi connectivity index (χ4v) is 7.57. The summed E-state index contributed by atoms with van der Waals surface area (Å²) in [6.45, 7) is 2.05. The SMILES string of the molecule is CCOC(=O)c1cc(-c2ccc(C3C(CC[C@H](O)c4ccc(F)cc4)C(=O)N3c3ccc(F)cc3)cc2)c2sc3ccccc3n12. The van der Waals surface area contributed by atoms with Gasteiger partial charge in [0, 0.05) is 11.3 Å². The molecule has 0 radical (unpaired) electrons. The van der Waals surface area contributed by atoms with E-state index in [0.29, 0.717) is 29.8 Å². The number of hydrogen-bond acceptors (Lipinski definition) is 5. The van der Waals surface area contributed by atoms with Crippen molar-refractivity contribution in [3.8, 4) is 11.1 Å². The Labute approximate surface area is 268 Å². The molecular weight excluding hydrogens is 606 g/mol. The van der Waals surface area contributed by atoms with Gasteiger partial charge < -0.3 is 14.7 Å². The molecule has 0 aliphatic carbocycles. The molecule has 9 heteroatoms. The standard InChI is InChI=1S/C37H30F2N2O4S/c1-2-45-37(44)31-21-29(36-41(31)30-5-3-4-6-33(30)46-36)22-7-9-24(10-8-22)34-28(19-20-32(42)23-11-13-25(38)14-12-23)35(43)40(34)27-17-15-26(39)16-18-27/h3-18,21,28,32,34,42H,2,19-20H2,1H3/t28?,32-,34?/m0/s1. The lowest BCUT2D eigenvalue weighted by Crippen LogP contribution is -2.55. The van der Waals surface area contributed by atoms with Gasteiger partial charge in [-0.15, -0.1) is 11.3 Å². The Morgan fingerprint density at radius 1 is 0.935 bits per heavy atom. The zero-order valence-corrected chi connectivity index (χ0v) is 25.7. The largest absolute Gasteiger partial charge is 0.461 e. The van der Waals surface area contributed by atoms with E-state index in [2.05, 4.69) is 0 Å². The van der Waals surface area contributed by atoms with E-state index in [9.17, 15) is 23.5 Å². The zero-order chi connectivity index (χ0) is 31.9. The lowest BCUT2D eigenvalue weighted by molar-refractivity contribution is -0.131. The number of esters is 1. The van der Waals surface area contributed by atoms with Gasteiger partial charge >= 0.3 is 5.97 Å². The number of nitrogens with zero attached hydrogens (tertiary/aromatic N) is 2. The van der Waals surface area contributed by atoms with Crippen LogP contribution in [-0.4, -0.2) is 28.0 Å². The van der Waals surface area contributed by atoms with E-state index in [1.807, 2.05) is 59.0 Å². The number of β-lactam (4-membered cyclic amide) rings is 1. The van der Waals surface area contributed by atoms with E-state index >= 15 is 0 Å². The molecule has 6 nitrogen and oxygen atoms in total. The number of rotatable bonds is 9. The van der Waals surface area contributed by atoms with Gasteiger partial charge in [-0.25, -0.2) is 13.6 Å². The van der Waals surface area contributed by atoms with Crippen LogP contribution in [0.5, 0.6) is 0 Å². The first-order valence-electron chi connectivity index (χ1n) is 15.2. The topological polar surface area (TPSA) is 71.2 Å². The normalized spacial score (nSPS) is 17.0. The maximum absolute atomic E-state index is 13.8. The molecular formula is C37H30F2N2O4S. The van der Waals surface area contributed by atoms with Crippen LogP contribution >= 0.6 is 11.3 Å². The van der Waals surface area contributed by atoms with Crippen molar-refractivity contribution < 1.29 is 28.2 Å². The molecule has 2 aromatic heterocycles. The van der Waals surface area contributed by atoms with Gasteiger partial charge in [0.15, 0.2) is 0 Å². The number of fused-ring (bicyclic) bond motifs is 3. The van der Waals surface area contributed by atoms with Crippen LogP contribution in [-0.2, 0) is 9.53 Å². The third-order valence-electron chi connectivity index (χ3n) is 8.64. The van der Waals surface area contributed by atoms with Crippen LogP contribution in [0.25, 0.3) is 26.2 Å². The number of benzene rings is 4. The van der Waals surface area contributed by atoms with Gasteiger partial charge in [-0.1, -0.05) is 48.5 Å². The molecule has 0 spiro atoms. The molecule has 1 aliphatic heterocycles. The molecule has 1 saturated heterocycles. The average Bonchev–Trinajstić information content (AvgIpc) is 3.63. The number of aromatic nitrogens is 1. The molecule has 4 aromatic carbocycles. The third kappa shape index (κ3) is 5.25. The van der Waals surface area contributed by atoms with Gasteiger partial charge in [-0.2, -0.15) is 0 Å². The molecule has 2 unspecified atom stereocenters. The Balaban J connectivity index is 1.22. The Hall–Kier alpha value is -4.86. The van der Waals surface area contributed by atoms with Crippen molar-refractivity contribution in [1.82, 2.24) is 4.40 Å². The highest BCUT2D eigenvalue weighted by Gasteiger charge is 2.48. The van der Waals surface area contributed by atoms with Crippen LogP contribution in [0.2, 0.25) is 0 Å². The Morgan fingerprint density at radius 3 is 2.30 bits per heavy atom. The van der Waals surface area contributed by atoms with Crippen LogP contribution in [0.4, 0.5) is 14.5 Å². The summed E-state index contributed by atoms with van der Waals surface area (Å²) in [5.74, 6) is -1.68. The van der Waals surface area contributed by atoms with E-state index in [4.69, 9.17) is 4.74 Å². The number of carbonyl (C=O) groups excluding carboxylic acids is 2. The number of anilines is 1. The Bertz CT molecular complexity index is 2050. The molecule has 1 amide bonds.